The minimum Gasteiger partial charge on any atom is -0.371 e. The summed E-state index contributed by atoms with van der Waals surface area (Å²) in [7, 11) is -0.167. The summed E-state index contributed by atoms with van der Waals surface area (Å²) >= 11 is 1.09. The van der Waals surface area contributed by atoms with Crippen molar-refractivity contribution in [1.82, 2.24) is 8.61 Å². The normalized spacial score (nSPS) is 18.0. The van der Waals surface area contributed by atoms with Crippen LogP contribution in [0.1, 0.15) is 17.2 Å². The molecule has 1 atom stereocenters. The van der Waals surface area contributed by atoms with Gasteiger partial charge in [0.25, 0.3) is 10.0 Å². The van der Waals surface area contributed by atoms with Crippen LogP contribution in [0.25, 0.3) is 0 Å². The van der Waals surface area contributed by atoms with Gasteiger partial charge in [-0.3, -0.25) is 0 Å². The van der Waals surface area contributed by atoms with E-state index in [1.54, 1.807) is 29.2 Å². The third-order valence-electron chi connectivity index (χ3n) is 4.09. The Labute approximate surface area is 158 Å². The number of nitriles is 1. The van der Waals surface area contributed by atoms with Crippen molar-refractivity contribution >= 4 is 22.0 Å². The van der Waals surface area contributed by atoms with E-state index in [0.717, 1.165) is 23.1 Å². The van der Waals surface area contributed by atoms with Crippen LogP contribution in [-0.4, -0.2) is 31.1 Å². The molecule has 1 heterocycles. The molecule has 0 bridgehead atoms. The van der Waals surface area contributed by atoms with Gasteiger partial charge in [-0.05, 0) is 36.6 Å². The molecule has 0 saturated heterocycles. The highest BCUT2D eigenvalue weighted by molar-refractivity contribution is 8.11. The lowest BCUT2D eigenvalue weighted by Crippen LogP contribution is -2.27. The largest absolute Gasteiger partial charge is 0.371 e. The molecule has 0 radical (unpaired) electrons. The second kappa shape index (κ2) is 7.16. The smallest absolute Gasteiger partial charge is 0.253 e. The monoisotopic (exact) mass is 385 g/mol. The molecule has 0 saturated carbocycles. The number of aryl methyl sites for hydroxylation is 1. The van der Waals surface area contributed by atoms with E-state index >= 15 is 0 Å². The second-order valence-corrected chi connectivity index (χ2v) is 9.21. The van der Waals surface area contributed by atoms with Crippen LogP contribution >= 0.6 is 11.9 Å². The van der Waals surface area contributed by atoms with Gasteiger partial charge in [0.05, 0.1) is 22.6 Å². The van der Waals surface area contributed by atoms with E-state index in [2.05, 4.69) is 6.07 Å². The van der Waals surface area contributed by atoms with Crippen molar-refractivity contribution in [3.05, 3.63) is 76.3 Å². The SMILES string of the molecule is Cc1ccc(S(=O)(=O)N2SC(N(C)C)=C(C#N)C2c2ccccc2)cc1. The number of hydrogen-bond donors (Lipinski definition) is 0. The molecule has 26 heavy (non-hydrogen) atoms. The average molecular weight is 386 g/mol. The van der Waals surface area contributed by atoms with E-state index in [4.69, 9.17) is 0 Å². The van der Waals surface area contributed by atoms with Gasteiger partial charge in [-0.25, -0.2) is 8.42 Å². The molecule has 1 unspecified atom stereocenters. The fourth-order valence-corrected chi connectivity index (χ4v) is 5.74. The summed E-state index contributed by atoms with van der Waals surface area (Å²) in [5, 5.41) is 10.4. The highest BCUT2D eigenvalue weighted by Crippen LogP contribution is 2.49. The Bertz CT molecular complexity index is 976. The van der Waals surface area contributed by atoms with Crippen molar-refractivity contribution in [2.75, 3.05) is 14.1 Å². The van der Waals surface area contributed by atoms with Crippen LogP contribution in [0, 0.1) is 18.3 Å². The first-order valence-electron chi connectivity index (χ1n) is 8.02. The van der Waals surface area contributed by atoms with Gasteiger partial charge in [0.15, 0.2) is 0 Å². The molecule has 0 amide bonds. The highest BCUT2D eigenvalue weighted by atomic mass is 32.3. The Morgan fingerprint density at radius 1 is 1.08 bits per heavy atom. The Morgan fingerprint density at radius 2 is 1.69 bits per heavy atom. The van der Waals surface area contributed by atoms with Gasteiger partial charge in [-0.1, -0.05) is 48.0 Å². The summed E-state index contributed by atoms with van der Waals surface area (Å²) in [6.07, 6.45) is 0. The maximum atomic E-state index is 13.3. The Balaban J connectivity index is 2.14. The molecule has 2 aromatic rings. The zero-order chi connectivity index (χ0) is 18.9. The predicted octanol–water partition coefficient (Wildman–Crippen LogP) is 3.69. The number of rotatable bonds is 4. The van der Waals surface area contributed by atoms with Crippen LogP contribution in [0.15, 0.2) is 70.1 Å². The molecular formula is C19H19N3O2S2. The molecule has 0 spiro atoms. The first-order chi connectivity index (χ1) is 12.4. The quantitative estimate of drug-likeness (QED) is 0.751. The maximum absolute atomic E-state index is 13.3. The first kappa shape index (κ1) is 18.5. The molecule has 3 rings (SSSR count). The molecule has 1 aliphatic heterocycles. The van der Waals surface area contributed by atoms with E-state index in [9.17, 15) is 13.7 Å². The molecule has 1 aliphatic rings. The summed E-state index contributed by atoms with van der Waals surface area (Å²) < 4.78 is 28.0. The van der Waals surface area contributed by atoms with E-state index in [-0.39, 0.29) is 4.90 Å². The maximum Gasteiger partial charge on any atom is 0.253 e. The van der Waals surface area contributed by atoms with E-state index in [1.807, 2.05) is 51.4 Å². The standard InChI is InChI=1S/C19H19N3O2S2/c1-14-9-11-16(12-10-14)26(23,24)22-18(15-7-5-4-6-8-15)17(13-20)19(25-22)21(2)3/h4-12,18H,1-3H3. The van der Waals surface area contributed by atoms with Crippen molar-refractivity contribution in [3.8, 4) is 6.07 Å². The van der Waals surface area contributed by atoms with Crippen LogP contribution in [0.5, 0.6) is 0 Å². The van der Waals surface area contributed by atoms with Crippen molar-refractivity contribution < 1.29 is 8.42 Å². The number of benzene rings is 2. The Hall–Kier alpha value is -2.27. The van der Waals surface area contributed by atoms with Gasteiger partial charge < -0.3 is 4.90 Å². The highest BCUT2D eigenvalue weighted by Gasteiger charge is 2.43. The molecule has 7 heteroatoms. The zero-order valence-electron chi connectivity index (χ0n) is 14.7. The minimum atomic E-state index is -3.79. The van der Waals surface area contributed by atoms with Crippen LogP contribution < -0.4 is 0 Å². The summed E-state index contributed by atoms with van der Waals surface area (Å²) in [6.45, 7) is 1.91. The van der Waals surface area contributed by atoms with E-state index < -0.39 is 16.1 Å². The van der Waals surface area contributed by atoms with Gasteiger partial charge in [-0.2, -0.15) is 5.26 Å². The van der Waals surface area contributed by atoms with Crippen LogP contribution in [-0.2, 0) is 10.0 Å². The summed E-state index contributed by atoms with van der Waals surface area (Å²) in [4.78, 5) is 2.00. The number of nitrogens with zero attached hydrogens (tertiary/aromatic N) is 3. The first-order valence-corrected chi connectivity index (χ1v) is 10.2. The van der Waals surface area contributed by atoms with Crippen LogP contribution in [0.3, 0.4) is 0 Å². The predicted molar refractivity (Wildman–Crippen MR) is 103 cm³/mol. The second-order valence-electron chi connectivity index (χ2n) is 6.20. The molecule has 0 aromatic heterocycles. The average Bonchev–Trinajstić information content (AvgIpc) is 3.03. The van der Waals surface area contributed by atoms with Crippen molar-refractivity contribution in [3.63, 3.8) is 0 Å². The number of hydrogen-bond acceptors (Lipinski definition) is 5. The fourth-order valence-electron chi connectivity index (χ4n) is 2.77. The molecule has 5 nitrogen and oxygen atoms in total. The van der Waals surface area contributed by atoms with Gasteiger partial charge >= 0.3 is 0 Å². The molecule has 0 aliphatic carbocycles. The van der Waals surface area contributed by atoms with Crippen molar-refractivity contribution in [1.29, 1.82) is 5.26 Å². The zero-order valence-corrected chi connectivity index (χ0v) is 16.4. The fraction of sp³-hybridized carbons (Fsp3) is 0.211. The lowest BCUT2D eigenvalue weighted by molar-refractivity contribution is 0.513. The summed E-state index contributed by atoms with van der Waals surface area (Å²) in [5.41, 5.74) is 2.19. The topological polar surface area (TPSA) is 64.4 Å². The van der Waals surface area contributed by atoms with Gasteiger partial charge in [0.2, 0.25) is 0 Å². The number of sulfonamides is 1. The summed E-state index contributed by atoms with van der Waals surface area (Å²) in [6, 6.07) is 17.6. The van der Waals surface area contributed by atoms with E-state index in [1.165, 1.54) is 3.71 Å². The van der Waals surface area contributed by atoms with Crippen molar-refractivity contribution in [2.24, 2.45) is 0 Å². The minimum absolute atomic E-state index is 0.217. The molecule has 0 N–H and O–H groups in total. The van der Waals surface area contributed by atoms with Crippen LogP contribution in [0.4, 0.5) is 0 Å². The van der Waals surface area contributed by atoms with Gasteiger partial charge in [-0.15, -0.1) is 3.71 Å². The Kier molecular flexibility index (Phi) is 5.10. The van der Waals surface area contributed by atoms with Gasteiger partial charge in [0.1, 0.15) is 5.03 Å². The van der Waals surface area contributed by atoms with Crippen LogP contribution in [0.2, 0.25) is 0 Å². The molecular weight excluding hydrogens is 366 g/mol. The third-order valence-corrected chi connectivity index (χ3v) is 7.60. The van der Waals surface area contributed by atoms with Gasteiger partial charge in [0, 0.05) is 14.1 Å². The van der Waals surface area contributed by atoms with E-state index in [0.29, 0.717) is 10.6 Å². The summed E-state index contributed by atoms with van der Waals surface area (Å²) in [5.74, 6) is 0. The molecule has 134 valence electrons. The Morgan fingerprint density at radius 3 is 2.23 bits per heavy atom. The molecule has 2 aromatic carbocycles. The lowest BCUT2D eigenvalue weighted by Gasteiger charge is -2.24. The third kappa shape index (κ3) is 3.23. The molecule has 0 fully saturated rings. The lowest BCUT2D eigenvalue weighted by atomic mass is 10.0. The van der Waals surface area contributed by atoms with Crippen molar-refractivity contribution in [2.45, 2.75) is 17.9 Å².